The Morgan fingerprint density at radius 2 is 2.17 bits per heavy atom. The van der Waals surface area contributed by atoms with E-state index >= 15 is 0 Å². The normalized spacial score (nSPS) is 16.1. The first-order valence-electron chi connectivity index (χ1n) is 6.09. The van der Waals surface area contributed by atoms with Gasteiger partial charge < -0.3 is 5.11 Å². The number of nitrogens with zero attached hydrogens (tertiary/aromatic N) is 3. The van der Waals surface area contributed by atoms with Gasteiger partial charge in [-0.25, -0.2) is 9.48 Å². The summed E-state index contributed by atoms with van der Waals surface area (Å²) in [7, 11) is 0. The van der Waals surface area contributed by atoms with Gasteiger partial charge >= 0.3 is 5.97 Å². The quantitative estimate of drug-likeness (QED) is 0.900. The Hall–Kier alpha value is -1.91. The zero-order valence-electron chi connectivity index (χ0n) is 10.4. The fraction of sp³-hybridized carbons (Fsp3) is 0.462. The lowest BCUT2D eigenvalue weighted by atomic mass is 9.98. The Bertz CT molecular complexity index is 626. The summed E-state index contributed by atoms with van der Waals surface area (Å²) in [5.74, 6) is -0.315. The Labute approximate surface area is 104 Å². The van der Waals surface area contributed by atoms with Crippen LogP contribution < -0.4 is 0 Å². The van der Waals surface area contributed by atoms with Gasteiger partial charge in [-0.3, -0.25) is 0 Å². The van der Waals surface area contributed by atoms with E-state index in [-0.39, 0.29) is 11.1 Å². The molecule has 5 nitrogen and oxygen atoms in total. The van der Waals surface area contributed by atoms with Crippen LogP contribution in [-0.4, -0.2) is 26.1 Å². The third-order valence-electron chi connectivity index (χ3n) is 3.81. The van der Waals surface area contributed by atoms with Gasteiger partial charge in [0.15, 0.2) is 0 Å². The van der Waals surface area contributed by atoms with Crippen LogP contribution >= 0.6 is 0 Å². The van der Waals surface area contributed by atoms with Crippen molar-refractivity contribution < 1.29 is 9.90 Å². The van der Waals surface area contributed by atoms with Gasteiger partial charge in [-0.15, -0.1) is 5.10 Å². The minimum atomic E-state index is -0.922. The van der Waals surface area contributed by atoms with Crippen molar-refractivity contribution in [2.45, 2.75) is 32.2 Å². The van der Waals surface area contributed by atoms with E-state index in [1.54, 1.807) is 18.2 Å². The Balaban J connectivity index is 2.17. The highest BCUT2D eigenvalue weighted by Crippen LogP contribution is 2.44. The average Bonchev–Trinajstić information content (AvgIpc) is 3.08. The molecule has 1 fully saturated rings. The van der Waals surface area contributed by atoms with E-state index in [1.807, 2.05) is 4.68 Å². The molecule has 0 amide bonds. The maximum absolute atomic E-state index is 11.0. The average molecular weight is 245 g/mol. The number of benzene rings is 1. The second-order valence-corrected chi connectivity index (χ2v) is 5.44. The Morgan fingerprint density at radius 1 is 1.44 bits per heavy atom. The minimum absolute atomic E-state index is 0.105. The predicted molar refractivity (Wildman–Crippen MR) is 66.5 cm³/mol. The van der Waals surface area contributed by atoms with Crippen molar-refractivity contribution in [1.82, 2.24) is 15.0 Å². The Morgan fingerprint density at radius 3 is 2.78 bits per heavy atom. The lowest BCUT2D eigenvalue weighted by Crippen LogP contribution is -2.29. The molecule has 3 rings (SSSR count). The van der Waals surface area contributed by atoms with Gasteiger partial charge in [0, 0.05) is 0 Å². The fourth-order valence-electron chi connectivity index (χ4n) is 2.44. The number of aromatic carboxylic acids is 1. The van der Waals surface area contributed by atoms with Crippen LogP contribution in [0, 0.1) is 5.92 Å². The van der Waals surface area contributed by atoms with Crippen LogP contribution in [0.3, 0.4) is 0 Å². The van der Waals surface area contributed by atoms with Crippen molar-refractivity contribution in [2.75, 3.05) is 0 Å². The molecule has 2 aromatic rings. The van der Waals surface area contributed by atoms with E-state index in [2.05, 4.69) is 24.2 Å². The molecule has 1 aliphatic rings. The molecule has 0 aliphatic heterocycles. The van der Waals surface area contributed by atoms with Crippen molar-refractivity contribution in [2.24, 2.45) is 5.92 Å². The molecule has 1 heterocycles. The van der Waals surface area contributed by atoms with E-state index in [1.165, 1.54) is 12.8 Å². The SMILES string of the molecule is CC(C)(C1CC1)n1nnc2ccc(C(=O)O)cc21. The zero-order valence-corrected chi connectivity index (χ0v) is 10.4. The molecule has 18 heavy (non-hydrogen) atoms. The van der Waals surface area contributed by atoms with Crippen molar-refractivity contribution in [1.29, 1.82) is 0 Å². The summed E-state index contributed by atoms with van der Waals surface area (Å²) >= 11 is 0. The van der Waals surface area contributed by atoms with Crippen LogP contribution in [0.25, 0.3) is 11.0 Å². The van der Waals surface area contributed by atoms with Crippen molar-refractivity contribution >= 4 is 17.0 Å². The molecular weight excluding hydrogens is 230 g/mol. The summed E-state index contributed by atoms with van der Waals surface area (Å²) in [5.41, 5.74) is 1.71. The summed E-state index contributed by atoms with van der Waals surface area (Å²) in [5, 5.41) is 17.4. The molecule has 0 unspecified atom stereocenters. The largest absolute Gasteiger partial charge is 0.478 e. The number of hydrogen-bond donors (Lipinski definition) is 1. The van der Waals surface area contributed by atoms with Crippen LogP contribution in [0.1, 0.15) is 37.0 Å². The number of carboxylic acid groups (broad SMARTS) is 1. The third-order valence-corrected chi connectivity index (χ3v) is 3.81. The maximum atomic E-state index is 11.0. The molecule has 0 radical (unpaired) electrons. The highest BCUT2D eigenvalue weighted by molar-refractivity contribution is 5.92. The summed E-state index contributed by atoms with van der Waals surface area (Å²) in [6.07, 6.45) is 2.40. The topological polar surface area (TPSA) is 68.0 Å². The summed E-state index contributed by atoms with van der Waals surface area (Å²) in [4.78, 5) is 11.0. The van der Waals surface area contributed by atoms with Crippen LogP contribution in [0.15, 0.2) is 18.2 Å². The van der Waals surface area contributed by atoms with Crippen LogP contribution in [0.5, 0.6) is 0 Å². The third kappa shape index (κ3) is 1.58. The minimum Gasteiger partial charge on any atom is -0.478 e. The van der Waals surface area contributed by atoms with Gasteiger partial charge in [-0.1, -0.05) is 5.21 Å². The highest BCUT2D eigenvalue weighted by Gasteiger charge is 2.40. The second-order valence-electron chi connectivity index (χ2n) is 5.44. The maximum Gasteiger partial charge on any atom is 0.335 e. The van der Waals surface area contributed by atoms with Gasteiger partial charge in [-0.05, 0) is 50.8 Å². The van der Waals surface area contributed by atoms with E-state index < -0.39 is 5.97 Å². The van der Waals surface area contributed by atoms with Crippen LogP contribution in [-0.2, 0) is 5.54 Å². The van der Waals surface area contributed by atoms with Gasteiger partial charge in [0.25, 0.3) is 0 Å². The number of carboxylic acids is 1. The van der Waals surface area contributed by atoms with Crippen molar-refractivity contribution in [3.63, 3.8) is 0 Å². The lowest BCUT2D eigenvalue weighted by Gasteiger charge is -2.25. The molecule has 1 N–H and O–H groups in total. The first kappa shape index (κ1) is 11.2. The van der Waals surface area contributed by atoms with Gasteiger partial charge in [0.2, 0.25) is 0 Å². The molecule has 1 saturated carbocycles. The summed E-state index contributed by atoms with van der Waals surface area (Å²) in [6.45, 7) is 4.26. The molecule has 0 atom stereocenters. The van der Waals surface area contributed by atoms with Crippen LogP contribution in [0.2, 0.25) is 0 Å². The van der Waals surface area contributed by atoms with E-state index in [0.29, 0.717) is 5.92 Å². The first-order chi connectivity index (χ1) is 8.50. The smallest absolute Gasteiger partial charge is 0.335 e. The molecule has 94 valence electrons. The predicted octanol–water partition coefficient (Wildman–Crippen LogP) is 2.27. The number of aromatic nitrogens is 3. The summed E-state index contributed by atoms with van der Waals surface area (Å²) in [6, 6.07) is 4.93. The van der Waals surface area contributed by atoms with Crippen LogP contribution in [0.4, 0.5) is 0 Å². The van der Waals surface area contributed by atoms with E-state index in [9.17, 15) is 4.79 Å². The standard InChI is InChI=1S/C13H15N3O2/c1-13(2,9-4-5-9)16-11-7-8(12(17)18)3-6-10(11)14-15-16/h3,6-7,9H,4-5H2,1-2H3,(H,17,18). The number of rotatable bonds is 3. The molecule has 5 heteroatoms. The first-order valence-corrected chi connectivity index (χ1v) is 6.09. The molecule has 0 bridgehead atoms. The number of fused-ring (bicyclic) bond motifs is 1. The molecule has 1 aliphatic carbocycles. The molecule has 0 saturated heterocycles. The Kier molecular flexibility index (Phi) is 2.20. The molecular formula is C13H15N3O2. The van der Waals surface area contributed by atoms with E-state index in [0.717, 1.165) is 11.0 Å². The molecule has 1 aromatic carbocycles. The highest BCUT2D eigenvalue weighted by atomic mass is 16.4. The van der Waals surface area contributed by atoms with Crippen molar-refractivity contribution in [3.8, 4) is 0 Å². The van der Waals surface area contributed by atoms with Gasteiger partial charge in [-0.2, -0.15) is 0 Å². The monoisotopic (exact) mass is 245 g/mol. The zero-order chi connectivity index (χ0) is 12.9. The van der Waals surface area contributed by atoms with Gasteiger partial charge in [0.1, 0.15) is 5.52 Å². The van der Waals surface area contributed by atoms with E-state index in [4.69, 9.17) is 5.11 Å². The summed E-state index contributed by atoms with van der Waals surface area (Å²) < 4.78 is 1.87. The lowest BCUT2D eigenvalue weighted by molar-refractivity contribution is 0.0697. The fourth-order valence-corrected chi connectivity index (χ4v) is 2.44. The second kappa shape index (κ2) is 3.54. The number of carbonyl (C=O) groups is 1. The molecule has 1 aromatic heterocycles. The van der Waals surface area contributed by atoms with Gasteiger partial charge in [0.05, 0.1) is 16.6 Å². The number of hydrogen-bond acceptors (Lipinski definition) is 3. The molecule has 0 spiro atoms. The van der Waals surface area contributed by atoms with Crippen molar-refractivity contribution in [3.05, 3.63) is 23.8 Å².